The first-order chi connectivity index (χ1) is 9.93. The quantitative estimate of drug-likeness (QED) is 0.842. The lowest BCUT2D eigenvalue weighted by atomic mass is 10.3. The summed E-state index contributed by atoms with van der Waals surface area (Å²) >= 11 is 2.17. The Kier molecular flexibility index (Phi) is 3.89. The molecule has 0 amide bonds. The average molecular weight is 335 g/mol. The van der Waals surface area contributed by atoms with Crippen LogP contribution in [-0.4, -0.2) is 29.7 Å². The fraction of sp³-hybridized carbons (Fsp3) is 0.500. The van der Waals surface area contributed by atoms with E-state index in [9.17, 15) is 13.2 Å². The molecule has 0 radical (unpaired) electrons. The molecule has 3 heterocycles. The van der Waals surface area contributed by atoms with Crippen molar-refractivity contribution in [3.63, 3.8) is 0 Å². The monoisotopic (exact) mass is 335 g/mol. The minimum atomic E-state index is -4.34. The van der Waals surface area contributed by atoms with Crippen LogP contribution in [0.25, 0.3) is 0 Å². The maximum atomic E-state index is 12.6. The van der Waals surface area contributed by atoms with E-state index in [0.717, 1.165) is 16.9 Å². The summed E-state index contributed by atoms with van der Waals surface area (Å²) in [6.45, 7) is 3.35. The number of anilines is 1. The molecule has 0 saturated carbocycles. The lowest BCUT2D eigenvalue weighted by Crippen LogP contribution is -2.38. The van der Waals surface area contributed by atoms with Gasteiger partial charge in [0.15, 0.2) is 5.13 Å². The third kappa shape index (κ3) is 3.19. The van der Waals surface area contributed by atoms with Crippen molar-refractivity contribution >= 4 is 27.8 Å². The van der Waals surface area contributed by atoms with Crippen LogP contribution in [-0.2, 0) is 10.9 Å². The van der Waals surface area contributed by atoms with Crippen molar-refractivity contribution in [1.29, 1.82) is 0 Å². The van der Waals surface area contributed by atoms with Crippen LogP contribution in [0.4, 0.5) is 18.3 Å². The van der Waals surface area contributed by atoms with Gasteiger partial charge < -0.3 is 9.64 Å². The van der Waals surface area contributed by atoms with Crippen LogP contribution in [0.2, 0.25) is 0 Å². The van der Waals surface area contributed by atoms with E-state index in [2.05, 4.69) is 9.97 Å². The Labute approximate surface area is 127 Å². The van der Waals surface area contributed by atoms with E-state index >= 15 is 0 Å². The van der Waals surface area contributed by atoms with E-state index in [1.165, 1.54) is 11.3 Å². The van der Waals surface area contributed by atoms with Gasteiger partial charge in [-0.3, -0.25) is 0 Å². The molecule has 1 fully saturated rings. The number of aryl methyl sites for hydroxylation is 1. The summed E-state index contributed by atoms with van der Waals surface area (Å²) in [5.74, 6) is 0. The van der Waals surface area contributed by atoms with Crippen LogP contribution < -0.4 is 4.90 Å². The maximum absolute atomic E-state index is 12.6. The molecule has 0 N–H and O–H groups in total. The van der Waals surface area contributed by atoms with E-state index in [0.29, 0.717) is 36.2 Å². The van der Waals surface area contributed by atoms with Crippen molar-refractivity contribution in [2.45, 2.75) is 19.2 Å². The Morgan fingerprint density at radius 3 is 2.86 bits per heavy atom. The highest BCUT2D eigenvalue weighted by atomic mass is 32.1. The highest BCUT2D eigenvalue weighted by Gasteiger charge is 2.34. The minimum Gasteiger partial charge on any atom is -0.367 e. The van der Waals surface area contributed by atoms with Crippen LogP contribution >= 0.6 is 22.7 Å². The summed E-state index contributed by atoms with van der Waals surface area (Å²) in [5, 5.41) is 3.16. The second-order valence-electron chi connectivity index (χ2n) is 4.64. The fourth-order valence-corrected chi connectivity index (χ4v) is 3.69. The van der Waals surface area contributed by atoms with Gasteiger partial charge in [0.1, 0.15) is 16.0 Å². The summed E-state index contributed by atoms with van der Waals surface area (Å²) in [6, 6.07) is 0. The number of alkyl halides is 3. The average Bonchev–Trinajstić information content (AvgIpc) is 3.07. The molecule has 0 aromatic carbocycles. The number of aromatic nitrogens is 2. The molecule has 4 nitrogen and oxygen atoms in total. The Morgan fingerprint density at radius 1 is 1.43 bits per heavy atom. The van der Waals surface area contributed by atoms with Gasteiger partial charge in [-0.1, -0.05) is 11.3 Å². The predicted molar refractivity (Wildman–Crippen MR) is 74.9 cm³/mol. The molecule has 0 spiro atoms. The van der Waals surface area contributed by atoms with Gasteiger partial charge in [-0.15, -0.1) is 11.3 Å². The van der Waals surface area contributed by atoms with E-state index < -0.39 is 11.1 Å². The van der Waals surface area contributed by atoms with Crippen molar-refractivity contribution in [3.8, 4) is 0 Å². The summed E-state index contributed by atoms with van der Waals surface area (Å²) in [5.41, 5.74) is 0.921. The van der Waals surface area contributed by atoms with Gasteiger partial charge in [-0.25, -0.2) is 9.97 Å². The molecule has 0 aliphatic carbocycles. The predicted octanol–water partition coefficient (Wildman–Crippen LogP) is 3.50. The third-order valence-electron chi connectivity index (χ3n) is 3.02. The van der Waals surface area contributed by atoms with Crippen LogP contribution in [0.1, 0.15) is 21.7 Å². The van der Waals surface area contributed by atoms with Gasteiger partial charge in [0.25, 0.3) is 0 Å². The molecule has 3 rings (SSSR count). The molecule has 1 atom stereocenters. The van der Waals surface area contributed by atoms with Gasteiger partial charge in [0.2, 0.25) is 0 Å². The van der Waals surface area contributed by atoms with Crippen molar-refractivity contribution < 1.29 is 17.9 Å². The standard InChI is InChI=1S/C12H12F3N3OS2/c1-7-6-20-10(17-7)8-5-18(2-3-19-8)11-16-4-9(21-11)12(13,14)15/h4,6,8H,2-3,5H2,1H3/t8-/m1/s1. The van der Waals surface area contributed by atoms with E-state index in [4.69, 9.17) is 4.74 Å². The minimum absolute atomic E-state index is 0.212. The molecule has 1 saturated heterocycles. The van der Waals surface area contributed by atoms with Crippen LogP contribution in [0.5, 0.6) is 0 Å². The zero-order valence-corrected chi connectivity index (χ0v) is 12.7. The number of rotatable bonds is 2. The molecule has 114 valence electrons. The second-order valence-corrected chi connectivity index (χ2v) is 6.54. The zero-order chi connectivity index (χ0) is 15.0. The molecule has 21 heavy (non-hydrogen) atoms. The zero-order valence-electron chi connectivity index (χ0n) is 11.1. The number of hydrogen-bond donors (Lipinski definition) is 0. The number of halogens is 3. The van der Waals surface area contributed by atoms with Gasteiger partial charge >= 0.3 is 6.18 Å². The van der Waals surface area contributed by atoms with Gasteiger partial charge in [-0.2, -0.15) is 13.2 Å². The first kappa shape index (κ1) is 14.7. The first-order valence-electron chi connectivity index (χ1n) is 6.25. The lowest BCUT2D eigenvalue weighted by molar-refractivity contribution is -0.134. The van der Waals surface area contributed by atoms with E-state index in [1.807, 2.05) is 17.2 Å². The molecule has 0 bridgehead atoms. The Morgan fingerprint density at radius 2 is 2.24 bits per heavy atom. The van der Waals surface area contributed by atoms with Crippen molar-refractivity contribution in [3.05, 3.63) is 27.2 Å². The highest BCUT2D eigenvalue weighted by molar-refractivity contribution is 7.15. The number of ether oxygens (including phenoxy) is 1. The van der Waals surface area contributed by atoms with E-state index in [1.54, 1.807) is 0 Å². The second kappa shape index (κ2) is 5.54. The topological polar surface area (TPSA) is 38.2 Å². The Bertz CT molecular complexity index is 625. The van der Waals surface area contributed by atoms with Gasteiger partial charge in [0.05, 0.1) is 19.3 Å². The molecule has 1 aliphatic rings. The maximum Gasteiger partial charge on any atom is 0.427 e. The van der Waals surface area contributed by atoms with Gasteiger partial charge in [0, 0.05) is 17.6 Å². The fourth-order valence-electron chi connectivity index (χ4n) is 2.03. The number of thiazole rings is 2. The summed E-state index contributed by atoms with van der Waals surface area (Å²) < 4.78 is 43.6. The van der Waals surface area contributed by atoms with Crippen LogP contribution in [0.3, 0.4) is 0 Å². The van der Waals surface area contributed by atoms with Crippen molar-refractivity contribution in [2.75, 3.05) is 24.6 Å². The smallest absolute Gasteiger partial charge is 0.367 e. The Hall–Kier alpha value is -1.19. The van der Waals surface area contributed by atoms with Crippen molar-refractivity contribution in [2.24, 2.45) is 0 Å². The molecule has 2 aromatic heterocycles. The van der Waals surface area contributed by atoms with Gasteiger partial charge in [-0.05, 0) is 6.92 Å². The van der Waals surface area contributed by atoms with Crippen LogP contribution in [0, 0.1) is 6.92 Å². The largest absolute Gasteiger partial charge is 0.427 e. The SMILES string of the molecule is Cc1csc([C@H]2CN(c3ncc(C(F)(F)F)s3)CCO2)n1. The number of nitrogens with zero attached hydrogens (tertiary/aromatic N) is 3. The number of morpholine rings is 1. The molecule has 0 unspecified atom stereocenters. The molecule has 9 heteroatoms. The lowest BCUT2D eigenvalue weighted by Gasteiger charge is -2.31. The molecular weight excluding hydrogens is 323 g/mol. The molecular formula is C12H12F3N3OS2. The normalized spacial score (nSPS) is 20.0. The number of hydrogen-bond acceptors (Lipinski definition) is 6. The summed E-state index contributed by atoms with van der Waals surface area (Å²) in [6.07, 6.45) is -3.66. The summed E-state index contributed by atoms with van der Waals surface area (Å²) in [4.78, 5) is 9.42. The Balaban J connectivity index is 1.75. The van der Waals surface area contributed by atoms with E-state index in [-0.39, 0.29) is 6.10 Å². The van der Waals surface area contributed by atoms with Crippen molar-refractivity contribution in [1.82, 2.24) is 9.97 Å². The molecule has 1 aliphatic heterocycles. The highest BCUT2D eigenvalue weighted by Crippen LogP contribution is 2.37. The molecule has 2 aromatic rings. The first-order valence-corrected chi connectivity index (χ1v) is 7.94. The summed E-state index contributed by atoms with van der Waals surface area (Å²) in [7, 11) is 0. The van der Waals surface area contributed by atoms with Crippen LogP contribution in [0.15, 0.2) is 11.6 Å². The third-order valence-corrected chi connectivity index (χ3v) is 5.18.